The van der Waals surface area contributed by atoms with Crippen LogP contribution >= 0.6 is 0 Å². The van der Waals surface area contributed by atoms with Crippen LogP contribution < -0.4 is 10.1 Å². The predicted molar refractivity (Wildman–Crippen MR) is 105 cm³/mol. The molecular weight excluding hydrogens is 340 g/mol. The van der Waals surface area contributed by atoms with E-state index >= 15 is 0 Å². The summed E-state index contributed by atoms with van der Waals surface area (Å²) < 4.78 is 7.79. The summed E-state index contributed by atoms with van der Waals surface area (Å²) in [5.41, 5.74) is 3.05. The highest BCUT2D eigenvalue weighted by Crippen LogP contribution is 2.30. The summed E-state index contributed by atoms with van der Waals surface area (Å²) in [6.07, 6.45) is 6.78. The van der Waals surface area contributed by atoms with E-state index in [1.54, 1.807) is 16.9 Å². The predicted octanol–water partition coefficient (Wildman–Crippen LogP) is 4.10. The van der Waals surface area contributed by atoms with Gasteiger partial charge in [-0.2, -0.15) is 0 Å². The molecule has 1 aliphatic carbocycles. The smallest absolute Gasteiger partial charge is 0.274 e. The number of nitrogens with one attached hydrogen (secondary N) is 1. The summed E-state index contributed by atoms with van der Waals surface area (Å²) in [5, 5.41) is 8.37. The van der Waals surface area contributed by atoms with Crippen molar-refractivity contribution in [2.24, 2.45) is 13.0 Å². The van der Waals surface area contributed by atoms with Crippen LogP contribution in [0.15, 0.2) is 36.5 Å². The molecule has 2 aromatic heterocycles. The lowest BCUT2D eigenvalue weighted by Crippen LogP contribution is -2.13. The van der Waals surface area contributed by atoms with E-state index in [1.165, 1.54) is 25.7 Å². The lowest BCUT2D eigenvalue weighted by molar-refractivity contribution is 0.102. The van der Waals surface area contributed by atoms with Crippen LogP contribution in [0.25, 0.3) is 10.9 Å². The molecule has 1 saturated carbocycles. The Bertz CT molecular complexity index is 956. The van der Waals surface area contributed by atoms with Crippen LogP contribution in [0, 0.1) is 12.8 Å². The lowest BCUT2D eigenvalue weighted by atomic mass is 10.1. The highest BCUT2D eigenvalue weighted by atomic mass is 16.5. The van der Waals surface area contributed by atoms with E-state index in [-0.39, 0.29) is 5.91 Å². The number of pyridine rings is 1. The first-order valence-electron chi connectivity index (χ1n) is 9.44. The molecule has 1 aliphatic rings. The van der Waals surface area contributed by atoms with Gasteiger partial charge in [-0.1, -0.05) is 18.9 Å². The third-order valence-corrected chi connectivity index (χ3v) is 5.15. The number of amides is 1. The quantitative estimate of drug-likeness (QED) is 0.740. The third-order valence-electron chi connectivity index (χ3n) is 5.15. The van der Waals surface area contributed by atoms with Crippen LogP contribution in [-0.4, -0.2) is 27.3 Å². The first-order chi connectivity index (χ1) is 13.1. The Kier molecular flexibility index (Phi) is 4.79. The first kappa shape index (κ1) is 17.5. The number of carbonyl (C=O) groups excluding carboxylic acids is 1. The monoisotopic (exact) mass is 364 g/mol. The van der Waals surface area contributed by atoms with Crippen LogP contribution in [0.1, 0.15) is 41.7 Å². The van der Waals surface area contributed by atoms with Gasteiger partial charge in [0.15, 0.2) is 0 Å². The summed E-state index contributed by atoms with van der Waals surface area (Å²) in [6, 6.07) is 9.34. The molecule has 1 aromatic carbocycles. The fraction of sp³-hybridized carbons (Fsp3) is 0.381. The van der Waals surface area contributed by atoms with Gasteiger partial charge in [-0.15, -0.1) is 5.10 Å². The normalized spacial score (nSPS) is 14.6. The van der Waals surface area contributed by atoms with E-state index in [9.17, 15) is 4.79 Å². The lowest BCUT2D eigenvalue weighted by Gasteiger charge is -2.09. The SMILES string of the molecule is Cc1ccc(C(=O)Nc2ccc3c(OCC4CCCC4)nn(C)c3c2)nc1. The number of nitrogens with zero attached hydrogens (tertiary/aromatic N) is 3. The summed E-state index contributed by atoms with van der Waals surface area (Å²) in [4.78, 5) is 16.6. The van der Waals surface area contributed by atoms with Gasteiger partial charge in [-0.05, 0) is 55.5 Å². The highest BCUT2D eigenvalue weighted by Gasteiger charge is 2.18. The molecule has 1 amide bonds. The average molecular weight is 364 g/mol. The second kappa shape index (κ2) is 7.39. The molecule has 6 nitrogen and oxygen atoms in total. The molecule has 0 unspecified atom stereocenters. The molecule has 1 N–H and O–H groups in total. The maximum Gasteiger partial charge on any atom is 0.274 e. The minimum absolute atomic E-state index is 0.228. The van der Waals surface area contributed by atoms with E-state index in [1.807, 2.05) is 38.2 Å². The Morgan fingerprint density at radius 2 is 2.07 bits per heavy atom. The van der Waals surface area contributed by atoms with Crippen LogP contribution in [0.5, 0.6) is 5.88 Å². The van der Waals surface area contributed by atoms with Gasteiger partial charge in [0.25, 0.3) is 5.91 Å². The number of rotatable bonds is 5. The Morgan fingerprint density at radius 3 is 2.81 bits per heavy atom. The maximum atomic E-state index is 12.4. The summed E-state index contributed by atoms with van der Waals surface area (Å²) in [7, 11) is 1.89. The molecular formula is C21H24N4O2. The van der Waals surface area contributed by atoms with Crippen LogP contribution in [0.2, 0.25) is 0 Å². The van der Waals surface area contributed by atoms with Crippen molar-refractivity contribution in [2.75, 3.05) is 11.9 Å². The number of hydrogen-bond acceptors (Lipinski definition) is 4. The number of benzene rings is 1. The van der Waals surface area contributed by atoms with Crippen LogP contribution in [0.3, 0.4) is 0 Å². The second-order valence-electron chi connectivity index (χ2n) is 7.30. The molecule has 0 saturated heterocycles. The number of aryl methyl sites for hydroxylation is 2. The van der Waals surface area contributed by atoms with E-state index in [0.717, 1.165) is 23.1 Å². The van der Waals surface area contributed by atoms with Crippen LogP contribution in [-0.2, 0) is 7.05 Å². The van der Waals surface area contributed by atoms with Gasteiger partial charge in [0.2, 0.25) is 5.88 Å². The average Bonchev–Trinajstić information content (AvgIpc) is 3.29. The standard InChI is InChI=1S/C21H24N4O2/c1-14-7-10-18(22-12-14)20(26)23-16-8-9-17-19(11-16)25(2)24-21(17)27-13-15-5-3-4-6-15/h7-12,15H,3-6,13H2,1-2H3,(H,23,26). The van der Waals surface area contributed by atoms with Gasteiger partial charge in [-0.25, -0.2) is 0 Å². The summed E-state index contributed by atoms with van der Waals surface area (Å²) in [6.45, 7) is 2.67. The summed E-state index contributed by atoms with van der Waals surface area (Å²) >= 11 is 0. The van der Waals surface area contributed by atoms with Gasteiger partial charge in [0.05, 0.1) is 17.5 Å². The molecule has 0 bridgehead atoms. The Balaban J connectivity index is 1.51. The molecule has 3 aromatic rings. The van der Waals surface area contributed by atoms with Crippen molar-refractivity contribution < 1.29 is 9.53 Å². The molecule has 0 atom stereocenters. The van der Waals surface area contributed by atoms with E-state index in [2.05, 4.69) is 15.4 Å². The molecule has 1 fully saturated rings. The Labute approximate surface area is 158 Å². The van der Waals surface area contributed by atoms with Crippen LogP contribution in [0.4, 0.5) is 5.69 Å². The van der Waals surface area contributed by atoms with Gasteiger partial charge in [-0.3, -0.25) is 14.5 Å². The number of ether oxygens (including phenoxy) is 1. The van der Waals surface area contributed by atoms with Crippen molar-refractivity contribution in [1.82, 2.24) is 14.8 Å². The first-order valence-corrected chi connectivity index (χ1v) is 9.44. The number of carbonyl (C=O) groups is 1. The molecule has 0 radical (unpaired) electrons. The number of anilines is 1. The third kappa shape index (κ3) is 3.79. The van der Waals surface area contributed by atoms with Crippen molar-refractivity contribution in [3.05, 3.63) is 47.8 Å². The van der Waals surface area contributed by atoms with Crippen molar-refractivity contribution in [3.8, 4) is 5.88 Å². The zero-order chi connectivity index (χ0) is 18.8. The van der Waals surface area contributed by atoms with E-state index in [4.69, 9.17) is 4.74 Å². The minimum Gasteiger partial charge on any atom is -0.476 e. The van der Waals surface area contributed by atoms with Gasteiger partial charge in [0, 0.05) is 18.9 Å². The topological polar surface area (TPSA) is 69.0 Å². The Morgan fingerprint density at radius 1 is 1.26 bits per heavy atom. The molecule has 4 rings (SSSR count). The Hall–Kier alpha value is -2.89. The largest absolute Gasteiger partial charge is 0.476 e. The van der Waals surface area contributed by atoms with Crippen molar-refractivity contribution >= 4 is 22.5 Å². The van der Waals surface area contributed by atoms with Gasteiger partial charge < -0.3 is 10.1 Å². The fourth-order valence-electron chi connectivity index (χ4n) is 3.58. The molecule has 0 spiro atoms. The minimum atomic E-state index is -0.228. The zero-order valence-electron chi connectivity index (χ0n) is 15.7. The molecule has 2 heterocycles. The zero-order valence-corrected chi connectivity index (χ0v) is 15.7. The second-order valence-corrected chi connectivity index (χ2v) is 7.30. The van der Waals surface area contributed by atoms with Gasteiger partial charge in [0.1, 0.15) is 5.69 Å². The number of fused-ring (bicyclic) bond motifs is 1. The molecule has 27 heavy (non-hydrogen) atoms. The summed E-state index contributed by atoms with van der Waals surface area (Å²) in [5.74, 6) is 1.08. The van der Waals surface area contributed by atoms with Crippen molar-refractivity contribution in [2.45, 2.75) is 32.6 Å². The molecule has 0 aliphatic heterocycles. The molecule has 140 valence electrons. The maximum absolute atomic E-state index is 12.4. The van der Waals surface area contributed by atoms with E-state index in [0.29, 0.717) is 23.2 Å². The van der Waals surface area contributed by atoms with E-state index < -0.39 is 0 Å². The number of hydrogen-bond donors (Lipinski definition) is 1. The highest BCUT2D eigenvalue weighted by molar-refractivity contribution is 6.04. The van der Waals surface area contributed by atoms with Crippen molar-refractivity contribution in [1.29, 1.82) is 0 Å². The van der Waals surface area contributed by atoms with Gasteiger partial charge >= 0.3 is 0 Å². The fourth-order valence-corrected chi connectivity index (χ4v) is 3.58. The number of aromatic nitrogens is 3. The van der Waals surface area contributed by atoms with Crippen molar-refractivity contribution in [3.63, 3.8) is 0 Å². The molecule has 6 heteroatoms.